The molecular formula is C27H22F5N5O3. The molecule has 208 valence electrons. The van der Waals surface area contributed by atoms with Gasteiger partial charge < -0.3 is 10.2 Å². The third kappa shape index (κ3) is 4.61. The van der Waals surface area contributed by atoms with E-state index in [0.29, 0.717) is 27.0 Å². The molecule has 0 radical (unpaired) electrons. The summed E-state index contributed by atoms with van der Waals surface area (Å²) in [5, 5.41) is 6.70. The fourth-order valence-electron chi connectivity index (χ4n) is 4.83. The molecule has 1 aromatic heterocycles. The Morgan fingerprint density at radius 2 is 1.85 bits per heavy atom. The minimum absolute atomic E-state index is 0.103. The van der Waals surface area contributed by atoms with Gasteiger partial charge in [0.05, 0.1) is 6.20 Å². The maximum absolute atomic E-state index is 13.7. The zero-order valence-electron chi connectivity index (χ0n) is 21.2. The maximum Gasteiger partial charge on any atom is 0.408 e. The molecule has 2 heterocycles. The molecule has 4 amide bonds. The van der Waals surface area contributed by atoms with Gasteiger partial charge in [-0.15, -0.1) is 0 Å². The predicted octanol–water partition coefficient (Wildman–Crippen LogP) is 4.12. The first-order chi connectivity index (χ1) is 18.8. The lowest BCUT2D eigenvalue weighted by molar-refractivity contribution is -0.187. The number of halogens is 5. The minimum atomic E-state index is -4.87. The molecule has 40 heavy (non-hydrogen) atoms. The summed E-state index contributed by atoms with van der Waals surface area (Å²) < 4.78 is 69.5. The first kappa shape index (κ1) is 27.0. The molecule has 2 atom stereocenters. The van der Waals surface area contributed by atoms with E-state index in [0.717, 1.165) is 30.2 Å². The van der Waals surface area contributed by atoms with Crippen molar-refractivity contribution in [1.82, 2.24) is 24.9 Å². The van der Waals surface area contributed by atoms with E-state index in [4.69, 9.17) is 0 Å². The molecule has 0 bridgehead atoms. The number of carbonyl (C=O) groups is 3. The van der Waals surface area contributed by atoms with Crippen molar-refractivity contribution in [2.75, 3.05) is 6.54 Å². The topological polar surface area (TPSA) is 87.5 Å². The molecule has 5 rings (SSSR count). The van der Waals surface area contributed by atoms with Crippen molar-refractivity contribution in [1.29, 1.82) is 0 Å². The molecule has 1 spiro atoms. The second kappa shape index (κ2) is 9.57. The Kier molecular flexibility index (Phi) is 6.47. The second-order valence-corrected chi connectivity index (χ2v) is 9.66. The van der Waals surface area contributed by atoms with E-state index in [2.05, 4.69) is 10.4 Å². The average molecular weight is 559 g/mol. The third-order valence-electron chi connectivity index (χ3n) is 7.05. The van der Waals surface area contributed by atoms with E-state index in [9.17, 15) is 36.3 Å². The monoisotopic (exact) mass is 559 g/mol. The van der Waals surface area contributed by atoms with Crippen molar-refractivity contribution in [3.05, 3.63) is 83.2 Å². The van der Waals surface area contributed by atoms with Gasteiger partial charge in [0, 0.05) is 25.4 Å². The van der Waals surface area contributed by atoms with Gasteiger partial charge in [-0.3, -0.25) is 19.2 Å². The quantitative estimate of drug-likeness (QED) is 0.364. The number of fused-ring (bicyclic) bond motifs is 2. The van der Waals surface area contributed by atoms with E-state index in [-0.39, 0.29) is 5.56 Å². The normalized spacial score (nSPS) is 18.8. The Hall–Kier alpha value is -4.55. The fourth-order valence-corrected chi connectivity index (χ4v) is 4.83. The van der Waals surface area contributed by atoms with Crippen LogP contribution < -0.4 is 5.32 Å². The molecule has 2 aliphatic rings. The molecule has 1 N–H and O–H groups in total. The maximum atomic E-state index is 13.7. The van der Waals surface area contributed by atoms with Crippen molar-refractivity contribution in [3.8, 4) is 11.1 Å². The van der Waals surface area contributed by atoms with Gasteiger partial charge in [-0.05, 0) is 53.5 Å². The van der Waals surface area contributed by atoms with Gasteiger partial charge >= 0.3 is 12.2 Å². The van der Waals surface area contributed by atoms with Crippen LogP contribution >= 0.6 is 0 Å². The smallest absolute Gasteiger partial charge is 0.325 e. The summed E-state index contributed by atoms with van der Waals surface area (Å²) in [5.74, 6) is -4.53. The van der Waals surface area contributed by atoms with Crippen LogP contribution in [0.4, 0.5) is 26.7 Å². The number of carbonyl (C=O) groups excluding carboxylic acids is 3. The van der Waals surface area contributed by atoms with Gasteiger partial charge in [0.2, 0.25) is 5.91 Å². The lowest BCUT2D eigenvalue weighted by atomic mass is 9.90. The van der Waals surface area contributed by atoms with Gasteiger partial charge in [-0.25, -0.2) is 13.6 Å². The highest BCUT2D eigenvalue weighted by Gasteiger charge is 2.54. The Balaban J connectivity index is 1.40. The summed E-state index contributed by atoms with van der Waals surface area (Å²) in [7, 11) is 1.77. The van der Waals surface area contributed by atoms with Crippen LogP contribution in [0.3, 0.4) is 0 Å². The van der Waals surface area contributed by atoms with Gasteiger partial charge in [-0.2, -0.15) is 18.3 Å². The number of nitrogens with zero attached hydrogens (tertiary/aromatic N) is 4. The molecule has 13 heteroatoms. The number of aromatic nitrogens is 2. The van der Waals surface area contributed by atoms with Crippen LogP contribution in [0.15, 0.2) is 54.9 Å². The zero-order chi connectivity index (χ0) is 29.0. The summed E-state index contributed by atoms with van der Waals surface area (Å²) in [6, 6.07) is 4.36. The van der Waals surface area contributed by atoms with Crippen molar-refractivity contribution < 1.29 is 36.3 Å². The molecule has 1 fully saturated rings. The third-order valence-corrected chi connectivity index (χ3v) is 7.05. The summed E-state index contributed by atoms with van der Waals surface area (Å²) >= 11 is 0. The van der Waals surface area contributed by atoms with Crippen molar-refractivity contribution in [3.63, 3.8) is 0 Å². The van der Waals surface area contributed by atoms with Gasteiger partial charge in [0.25, 0.3) is 5.91 Å². The Morgan fingerprint density at radius 1 is 1.10 bits per heavy atom. The number of urea groups is 1. The van der Waals surface area contributed by atoms with Crippen LogP contribution in [0.1, 0.15) is 23.6 Å². The lowest BCUT2D eigenvalue weighted by Gasteiger charge is -2.32. The molecule has 2 aromatic carbocycles. The Labute approximate surface area is 224 Å². The first-order valence-electron chi connectivity index (χ1n) is 12.1. The standard InChI is InChI=1S/C27H22F5N5O3/c1-15(27(30,31)32)36(12-16-3-6-21(28)22(29)9-16)23(38)14-37-24(39)26(34-25(37)40)8-7-18-10-17(4-5-20(18)26)19-11-33-35(2)13-19/h3-11,13,15H,12,14H2,1-2H3,(H,34,40)/t15-,26-/m0/s1. The van der Waals surface area contributed by atoms with E-state index < -0.39 is 60.3 Å². The van der Waals surface area contributed by atoms with Gasteiger partial charge in [0.1, 0.15) is 12.6 Å². The highest BCUT2D eigenvalue weighted by molar-refractivity contribution is 6.12. The Bertz CT molecular complexity index is 1570. The summed E-state index contributed by atoms with van der Waals surface area (Å²) in [5.41, 5.74) is 0.986. The fraction of sp³-hybridized carbons (Fsp3) is 0.259. The number of alkyl halides is 3. The van der Waals surface area contributed by atoms with Crippen LogP contribution in [0, 0.1) is 11.6 Å². The van der Waals surface area contributed by atoms with Crippen LogP contribution in [0.25, 0.3) is 17.2 Å². The number of benzene rings is 2. The van der Waals surface area contributed by atoms with Crippen molar-refractivity contribution in [2.45, 2.75) is 31.2 Å². The SMILES string of the molecule is C[C@H](N(Cc1ccc(F)c(F)c1)C(=O)CN1C(=O)N[C@]2(C=Cc3cc(-c4cnn(C)c4)ccc32)C1=O)C(F)(F)F. The first-order valence-corrected chi connectivity index (χ1v) is 12.1. The highest BCUT2D eigenvalue weighted by Crippen LogP contribution is 2.40. The molecule has 3 aromatic rings. The number of amides is 4. The molecule has 0 saturated carbocycles. The number of aryl methyl sites for hydroxylation is 1. The van der Waals surface area contributed by atoms with Crippen LogP contribution in [0.5, 0.6) is 0 Å². The zero-order valence-corrected chi connectivity index (χ0v) is 21.2. The molecule has 1 saturated heterocycles. The summed E-state index contributed by atoms with van der Waals surface area (Å²) in [6.45, 7) is -1.00. The van der Waals surface area contributed by atoms with Gasteiger partial charge in [0.15, 0.2) is 17.2 Å². The molecular weight excluding hydrogens is 537 g/mol. The largest absolute Gasteiger partial charge is 0.408 e. The van der Waals surface area contributed by atoms with Gasteiger partial charge in [-0.1, -0.05) is 24.3 Å². The molecule has 1 aliphatic heterocycles. The number of nitrogens with one attached hydrogen (secondary N) is 1. The number of rotatable bonds is 6. The lowest BCUT2D eigenvalue weighted by Crippen LogP contribution is -2.51. The average Bonchev–Trinajstić information content (AvgIpc) is 3.56. The predicted molar refractivity (Wildman–Crippen MR) is 132 cm³/mol. The van der Waals surface area contributed by atoms with E-state index in [1.165, 1.54) is 6.08 Å². The Morgan fingerprint density at radius 3 is 2.50 bits per heavy atom. The second-order valence-electron chi connectivity index (χ2n) is 9.66. The van der Waals surface area contributed by atoms with Crippen molar-refractivity contribution in [2.24, 2.45) is 7.05 Å². The molecule has 8 nitrogen and oxygen atoms in total. The van der Waals surface area contributed by atoms with E-state index in [1.54, 1.807) is 48.4 Å². The van der Waals surface area contributed by atoms with Crippen molar-refractivity contribution >= 4 is 23.9 Å². The van der Waals surface area contributed by atoms with Crippen LogP contribution in [-0.2, 0) is 28.7 Å². The van der Waals surface area contributed by atoms with E-state index in [1.807, 2.05) is 0 Å². The minimum Gasteiger partial charge on any atom is -0.325 e. The molecule has 1 aliphatic carbocycles. The summed E-state index contributed by atoms with van der Waals surface area (Å²) in [6.07, 6.45) is 1.71. The van der Waals surface area contributed by atoms with E-state index >= 15 is 0 Å². The summed E-state index contributed by atoms with van der Waals surface area (Å²) in [4.78, 5) is 40.5. The molecule has 0 unspecified atom stereocenters. The van der Waals surface area contributed by atoms with Crippen LogP contribution in [-0.4, -0.2) is 56.2 Å². The highest BCUT2D eigenvalue weighted by atomic mass is 19.4. The number of hydrogen-bond acceptors (Lipinski definition) is 4. The van der Waals surface area contributed by atoms with Crippen LogP contribution in [0.2, 0.25) is 0 Å². The number of imide groups is 1. The number of hydrogen-bond donors (Lipinski definition) is 1.